The highest BCUT2D eigenvalue weighted by atomic mass is 16.4. The van der Waals surface area contributed by atoms with Crippen LogP contribution in [0.5, 0.6) is 0 Å². The van der Waals surface area contributed by atoms with Crippen molar-refractivity contribution in [1.82, 2.24) is 0 Å². The predicted molar refractivity (Wildman–Crippen MR) is 83.4 cm³/mol. The Hall–Kier alpha value is -1.88. The van der Waals surface area contributed by atoms with Crippen molar-refractivity contribution in [2.75, 3.05) is 11.9 Å². The Morgan fingerprint density at radius 1 is 1.33 bits per heavy atom. The number of carbonyl (C=O) groups excluding carboxylic acids is 1. The standard InChI is InChI=1S/C16H24N2O3/c1-10(2)6-12(9-17)8-15(19)18-14-5-4-11(3)7-13(14)16(20)21/h4-5,7,10,12H,6,8-9,17H2,1-3H3,(H,18,19)(H,20,21)/t12-/m0/s1. The Morgan fingerprint density at radius 3 is 2.52 bits per heavy atom. The molecule has 1 aromatic carbocycles. The smallest absolute Gasteiger partial charge is 0.337 e. The summed E-state index contributed by atoms with van der Waals surface area (Å²) >= 11 is 0. The zero-order valence-corrected chi connectivity index (χ0v) is 12.8. The average Bonchev–Trinajstić information content (AvgIpc) is 2.39. The van der Waals surface area contributed by atoms with Crippen LogP contribution >= 0.6 is 0 Å². The maximum absolute atomic E-state index is 12.1. The molecule has 4 N–H and O–H groups in total. The second kappa shape index (κ2) is 7.78. The van der Waals surface area contributed by atoms with Crippen molar-refractivity contribution in [3.63, 3.8) is 0 Å². The molecule has 0 radical (unpaired) electrons. The molecule has 0 saturated heterocycles. The quantitative estimate of drug-likeness (QED) is 0.720. The van der Waals surface area contributed by atoms with E-state index in [1.54, 1.807) is 18.2 Å². The van der Waals surface area contributed by atoms with Gasteiger partial charge in [-0.3, -0.25) is 4.79 Å². The third-order valence-electron chi connectivity index (χ3n) is 3.29. The monoisotopic (exact) mass is 292 g/mol. The second-order valence-electron chi connectivity index (χ2n) is 5.84. The summed E-state index contributed by atoms with van der Waals surface area (Å²) in [5.41, 5.74) is 6.96. The molecule has 1 amide bonds. The lowest BCUT2D eigenvalue weighted by atomic mass is 9.94. The molecule has 0 bridgehead atoms. The number of nitrogens with two attached hydrogens (primary N) is 1. The Labute approximate surface area is 125 Å². The minimum absolute atomic E-state index is 0.108. The summed E-state index contributed by atoms with van der Waals surface area (Å²) in [6.45, 7) is 6.43. The van der Waals surface area contributed by atoms with Gasteiger partial charge < -0.3 is 16.2 Å². The first-order chi connectivity index (χ1) is 9.83. The van der Waals surface area contributed by atoms with Crippen LogP contribution in [0, 0.1) is 18.8 Å². The van der Waals surface area contributed by atoms with E-state index in [0.29, 0.717) is 24.6 Å². The van der Waals surface area contributed by atoms with Crippen molar-refractivity contribution in [2.24, 2.45) is 17.6 Å². The molecule has 0 spiro atoms. The maximum atomic E-state index is 12.1. The van der Waals surface area contributed by atoms with Gasteiger partial charge in [-0.15, -0.1) is 0 Å². The molecule has 0 unspecified atom stereocenters. The normalized spacial score (nSPS) is 12.2. The van der Waals surface area contributed by atoms with Crippen LogP contribution in [0.25, 0.3) is 0 Å². The van der Waals surface area contributed by atoms with Crippen molar-refractivity contribution >= 4 is 17.6 Å². The lowest BCUT2D eigenvalue weighted by Crippen LogP contribution is -2.24. The van der Waals surface area contributed by atoms with Crippen LogP contribution in [0.15, 0.2) is 18.2 Å². The van der Waals surface area contributed by atoms with Crippen LogP contribution in [-0.2, 0) is 4.79 Å². The summed E-state index contributed by atoms with van der Waals surface area (Å²) in [5.74, 6) is -0.659. The largest absolute Gasteiger partial charge is 0.478 e. The molecule has 5 heteroatoms. The fourth-order valence-corrected chi connectivity index (χ4v) is 2.34. The topological polar surface area (TPSA) is 92.4 Å². The number of hydrogen-bond acceptors (Lipinski definition) is 3. The molecule has 0 fully saturated rings. The summed E-state index contributed by atoms with van der Waals surface area (Å²) in [6, 6.07) is 4.94. The van der Waals surface area contributed by atoms with E-state index >= 15 is 0 Å². The Kier molecular flexibility index (Phi) is 6.37. The van der Waals surface area contributed by atoms with E-state index in [2.05, 4.69) is 19.2 Å². The van der Waals surface area contributed by atoms with Gasteiger partial charge in [0, 0.05) is 6.42 Å². The molecule has 116 valence electrons. The number of rotatable bonds is 7. The van der Waals surface area contributed by atoms with Gasteiger partial charge in [0.15, 0.2) is 0 Å². The number of benzene rings is 1. The van der Waals surface area contributed by atoms with Crippen molar-refractivity contribution in [1.29, 1.82) is 0 Å². The van der Waals surface area contributed by atoms with E-state index in [1.807, 2.05) is 6.92 Å². The highest BCUT2D eigenvalue weighted by Gasteiger charge is 2.17. The molecular formula is C16H24N2O3. The van der Waals surface area contributed by atoms with Gasteiger partial charge in [-0.2, -0.15) is 0 Å². The lowest BCUT2D eigenvalue weighted by molar-refractivity contribution is -0.117. The van der Waals surface area contributed by atoms with E-state index in [1.165, 1.54) is 0 Å². The molecule has 1 rings (SSSR count). The van der Waals surface area contributed by atoms with Crippen LogP contribution in [0.2, 0.25) is 0 Å². The number of anilines is 1. The number of hydrogen-bond donors (Lipinski definition) is 3. The molecule has 0 aromatic heterocycles. The van der Waals surface area contributed by atoms with E-state index < -0.39 is 5.97 Å². The fourth-order valence-electron chi connectivity index (χ4n) is 2.34. The summed E-state index contributed by atoms with van der Waals surface area (Å²) in [5, 5.41) is 11.9. The minimum Gasteiger partial charge on any atom is -0.478 e. The van der Waals surface area contributed by atoms with E-state index in [9.17, 15) is 14.7 Å². The Balaban J connectivity index is 2.77. The second-order valence-corrected chi connectivity index (χ2v) is 5.84. The van der Waals surface area contributed by atoms with E-state index in [0.717, 1.165) is 12.0 Å². The molecule has 0 aliphatic carbocycles. The van der Waals surface area contributed by atoms with Crippen molar-refractivity contribution < 1.29 is 14.7 Å². The summed E-state index contributed by atoms with van der Waals surface area (Å²) in [6.07, 6.45) is 1.19. The van der Waals surface area contributed by atoms with Crippen LogP contribution in [-0.4, -0.2) is 23.5 Å². The molecule has 0 saturated carbocycles. The highest BCUT2D eigenvalue weighted by Crippen LogP contribution is 2.20. The third-order valence-corrected chi connectivity index (χ3v) is 3.29. The summed E-state index contributed by atoms with van der Waals surface area (Å²) in [7, 11) is 0. The van der Waals surface area contributed by atoms with Gasteiger partial charge >= 0.3 is 5.97 Å². The number of nitrogens with one attached hydrogen (secondary N) is 1. The van der Waals surface area contributed by atoms with Gasteiger partial charge in [-0.25, -0.2) is 4.79 Å². The molecule has 0 aliphatic rings. The van der Waals surface area contributed by atoms with Crippen molar-refractivity contribution in [3.05, 3.63) is 29.3 Å². The van der Waals surface area contributed by atoms with Gasteiger partial charge in [-0.1, -0.05) is 25.5 Å². The molecule has 1 atom stereocenters. The van der Waals surface area contributed by atoms with Gasteiger partial charge in [0.05, 0.1) is 11.3 Å². The lowest BCUT2D eigenvalue weighted by Gasteiger charge is -2.17. The third kappa shape index (κ3) is 5.55. The SMILES string of the molecule is Cc1ccc(NC(=O)C[C@@H](CN)CC(C)C)c(C(=O)O)c1. The highest BCUT2D eigenvalue weighted by molar-refractivity contribution is 6.00. The van der Waals surface area contributed by atoms with Crippen LogP contribution < -0.4 is 11.1 Å². The van der Waals surface area contributed by atoms with E-state index in [-0.39, 0.29) is 17.4 Å². The zero-order chi connectivity index (χ0) is 16.0. The fraction of sp³-hybridized carbons (Fsp3) is 0.500. The molecule has 1 aromatic rings. The van der Waals surface area contributed by atoms with E-state index in [4.69, 9.17) is 5.73 Å². The Morgan fingerprint density at radius 2 is 2.00 bits per heavy atom. The molecule has 0 aliphatic heterocycles. The number of carbonyl (C=O) groups is 2. The summed E-state index contributed by atoms with van der Waals surface area (Å²) in [4.78, 5) is 23.3. The van der Waals surface area contributed by atoms with Gasteiger partial charge in [0.25, 0.3) is 0 Å². The molecule has 0 heterocycles. The minimum atomic E-state index is -1.05. The first-order valence-corrected chi connectivity index (χ1v) is 7.17. The number of aromatic carboxylic acids is 1. The first-order valence-electron chi connectivity index (χ1n) is 7.17. The van der Waals surface area contributed by atoms with Gasteiger partial charge in [0.2, 0.25) is 5.91 Å². The zero-order valence-electron chi connectivity index (χ0n) is 12.8. The van der Waals surface area contributed by atoms with Crippen LogP contribution in [0.1, 0.15) is 42.6 Å². The molecule has 5 nitrogen and oxygen atoms in total. The number of amides is 1. The average molecular weight is 292 g/mol. The summed E-state index contributed by atoms with van der Waals surface area (Å²) < 4.78 is 0. The number of carboxylic acids is 1. The predicted octanol–water partition coefficient (Wildman–Crippen LogP) is 2.64. The van der Waals surface area contributed by atoms with Gasteiger partial charge in [0.1, 0.15) is 0 Å². The molecule has 21 heavy (non-hydrogen) atoms. The van der Waals surface area contributed by atoms with Crippen LogP contribution in [0.4, 0.5) is 5.69 Å². The van der Waals surface area contributed by atoms with Gasteiger partial charge in [-0.05, 0) is 43.9 Å². The van der Waals surface area contributed by atoms with Crippen LogP contribution in [0.3, 0.4) is 0 Å². The first kappa shape index (κ1) is 17.2. The molecular weight excluding hydrogens is 268 g/mol. The number of carboxylic acid groups (broad SMARTS) is 1. The van der Waals surface area contributed by atoms with Crippen molar-refractivity contribution in [3.8, 4) is 0 Å². The van der Waals surface area contributed by atoms with Crippen molar-refractivity contribution in [2.45, 2.75) is 33.6 Å². The number of aryl methyl sites for hydroxylation is 1. The maximum Gasteiger partial charge on any atom is 0.337 e. The Bertz CT molecular complexity index is 512.